The average molecular weight is 442 g/mol. The Labute approximate surface area is 177 Å². The minimum atomic E-state index is 0. The van der Waals surface area contributed by atoms with E-state index in [2.05, 4.69) is 48.2 Å². The maximum atomic E-state index is 12.4. The van der Waals surface area contributed by atoms with Crippen LogP contribution < -0.4 is 0 Å². The van der Waals surface area contributed by atoms with Crippen molar-refractivity contribution in [1.82, 2.24) is 4.90 Å². The first kappa shape index (κ1) is 19.7. The van der Waals surface area contributed by atoms with E-state index in [0.29, 0.717) is 29.5 Å². The van der Waals surface area contributed by atoms with Gasteiger partial charge in [0.2, 0.25) is 0 Å². The van der Waals surface area contributed by atoms with Crippen LogP contribution in [0.25, 0.3) is 0 Å². The second-order valence-corrected chi connectivity index (χ2v) is 9.02. The second-order valence-electron chi connectivity index (χ2n) is 9.02. The van der Waals surface area contributed by atoms with Crippen LogP contribution in [0.4, 0.5) is 0 Å². The van der Waals surface area contributed by atoms with Crippen molar-refractivity contribution in [3.8, 4) is 5.75 Å². The molecule has 0 spiro atoms. The number of aromatic hydroxyl groups is 1. The van der Waals surface area contributed by atoms with Crippen LogP contribution in [0, 0.1) is 11.8 Å². The molecule has 2 heterocycles. The lowest BCUT2D eigenvalue weighted by Gasteiger charge is -2.64. The van der Waals surface area contributed by atoms with Gasteiger partial charge in [-0.3, -0.25) is 9.69 Å². The number of hydrogen-bond donors (Lipinski definition) is 1. The van der Waals surface area contributed by atoms with Crippen molar-refractivity contribution in [2.45, 2.75) is 57.2 Å². The number of ketones is 1. The van der Waals surface area contributed by atoms with Crippen LogP contribution in [-0.2, 0) is 23.2 Å². The average Bonchev–Trinajstić information content (AvgIpc) is 2.65. The summed E-state index contributed by atoms with van der Waals surface area (Å²) in [5.74, 6) is 1.30. The third-order valence-corrected chi connectivity index (χ3v) is 7.61. The normalized spacial score (nSPS) is 33.1. The number of phenols is 1. The number of benzene rings is 2. The summed E-state index contributed by atoms with van der Waals surface area (Å²) in [7, 11) is 0. The number of nitrogens with zero attached hydrogens (tertiary/aromatic N) is 1. The Bertz CT molecular complexity index is 899. The van der Waals surface area contributed by atoms with Crippen molar-refractivity contribution >= 4 is 22.8 Å². The molecule has 4 aliphatic rings. The summed E-state index contributed by atoms with van der Waals surface area (Å²) in [6.45, 7) is 5.05. The van der Waals surface area contributed by atoms with Gasteiger partial charge in [-0.2, -0.15) is 0 Å². The van der Waals surface area contributed by atoms with Crippen molar-refractivity contribution in [3.05, 3.63) is 65.2 Å². The van der Waals surface area contributed by atoms with Crippen LogP contribution in [0.2, 0.25) is 0 Å². The number of hydrogen-bond acceptors (Lipinski definition) is 3. The molecule has 0 aromatic heterocycles. The van der Waals surface area contributed by atoms with E-state index in [9.17, 15) is 9.90 Å². The fraction of sp³-hybridized carbons (Fsp3) is 0.458. The monoisotopic (exact) mass is 441 g/mol. The predicted molar refractivity (Wildman–Crippen MR) is 116 cm³/mol. The molecule has 148 valence electrons. The van der Waals surface area contributed by atoms with Gasteiger partial charge in [0.15, 0.2) is 0 Å². The van der Waals surface area contributed by atoms with Crippen LogP contribution in [0.15, 0.2) is 48.5 Å². The first-order valence-corrected chi connectivity index (χ1v) is 10.1. The Morgan fingerprint density at radius 3 is 2.64 bits per heavy atom. The van der Waals surface area contributed by atoms with Gasteiger partial charge in [0.05, 0.1) is 0 Å². The number of halogens is 1. The van der Waals surface area contributed by atoms with E-state index in [1.54, 1.807) is 6.92 Å². The van der Waals surface area contributed by atoms with E-state index in [1.165, 1.54) is 16.7 Å². The third kappa shape index (κ3) is 2.84. The van der Waals surface area contributed by atoms with Crippen LogP contribution in [0.1, 0.15) is 43.4 Å². The molecule has 2 saturated heterocycles. The molecule has 0 radical (unpaired) electrons. The van der Waals surface area contributed by atoms with Gasteiger partial charge in [-0.15, -0.1) is 17.0 Å². The molecular weight excluding hydrogens is 414 g/mol. The summed E-state index contributed by atoms with van der Waals surface area (Å²) in [5, 5.41) is 10.1. The lowest BCUT2D eigenvalue weighted by molar-refractivity contribution is -0.142. The Balaban J connectivity index is 0.00000192. The van der Waals surface area contributed by atoms with Gasteiger partial charge in [0, 0.05) is 24.5 Å². The number of carbonyl (C=O) groups is 1. The molecule has 3 unspecified atom stereocenters. The van der Waals surface area contributed by atoms with Gasteiger partial charge in [-0.05, 0) is 66.3 Å². The van der Waals surface area contributed by atoms with Gasteiger partial charge in [0.25, 0.3) is 0 Å². The highest BCUT2D eigenvalue weighted by Gasteiger charge is 2.60. The van der Waals surface area contributed by atoms with Gasteiger partial charge >= 0.3 is 0 Å². The molecule has 1 N–H and O–H groups in total. The molecule has 2 aromatic carbocycles. The summed E-state index contributed by atoms with van der Waals surface area (Å²) in [6.07, 6.45) is 3.01. The Hall–Kier alpha value is -1.65. The summed E-state index contributed by atoms with van der Waals surface area (Å²) >= 11 is 0. The molecule has 28 heavy (non-hydrogen) atoms. The van der Waals surface area contributed by atoms with Crippen LogP contribution in [-0.4, -0.2) is 27.9 Å². The Kier molecular flexibility index (Phi) is 4.91. The second kappa shape index (κ2) is 7.00. The topological polar surface area (TPSA) is 40.5 Å². The zero-order valence-corrected chi connectivity index (χ0v) is 18.2. The molecule has 3 fully saturated rings. The van der Waals surface area contributed by atoms with E-state index in [-0.39, 0.29) is 28.3 Å². The van der Waals surface area contributed by atoms with Crippen molar-refractivity contribution in [3.63, 3.8) is 0 Å². The fourth-order valence-electron chi connectivity index (χ4n) is 6.36. The smallest absolute Gasteiger partial charge is 0.134 e. The van der Waals surface area contributed by atoms with Crippen LogP contribution in [0.3, 0.4) is 0 Å². The van der Waals surface area contributed by atoms with Crippen LogP contribution >= 0.6 is 17.0 Å². The molecule has 2 aliphatic carbocycles. The van der Waals surface area contributed by atoms with Crippen molar-refractivity contribution < 1.29 is 9.90 Å². The van der Waals surface area contributed by atoms with Crippen LogP contribution in [0.5, 0.6) is 5.75 Å². The highest BCUT2D eigenvalue weighted by Crippen LogP contribution is 2.58. The van der Waals surface area contributed by atoms with Gasteiger partial charge in [-0.1, -0.05) is 43.3 Å². The highest BCUT2D eigenvalue weighted by atomic mass is 79.9. The minimum Gasteiger partial charge on any atom is -0.508 e. The minimum absolute atomic E-state index is 0. The Morgan fingerprint density at radius 1 is 1.18 bits per heavy atom. The van der Waals surface area contributed by atoms with Gasteiger partial charge in [0.1, 0.15) is 11.5 Å². The standard InChI is InChI=1S/C24H27NO2.BrH/c1-15(26)19-12-21-22-10-17-8-9-18(27)11-20(17)24(21,2)13-23(19)25(22)14-16-6-4-3-5-7-16;/h3-9,11,19,21-23,27H,10,12-14H2,1-2H3;1H/t19-,21?,22?,23?,24+;/m1./s1. The molecule has 0 amide bonds. The molecule has 3 nitrogen and oxygen atoms in total. The molecule has 2 aromatic rings. The van der Waals surface area contributed by atoms with Crippen molar-refractivity contribution in [2.24, 2.45) is 11.8 Å². The first-order chi connectivity index (χ1) is 13.0. The number of phenolic OH excluding ortho intramolecular Hbond substituents is 1. The molecule has 2 aliphatic heterocycles. The lowest BCUT2D eigenvalue weighted by Crippen LogP contribution is -2.69. The summed E-state index contributed by atoms with van der Waals surface area (Å²) < 4.78 is 0. The number of fused-ring (bicyclic) bond motifs is 2. The maximum Gasteiger partial charge on any atom is 0.134 e. The first-order valence-electron chi connectivity index (χ1n) is 10.1. The van der Waals surface area contributed by atoms with E-state index in [4.69, 9.17) is 0 Å². The molecule has 4 bridgehead atoms. The Morgan fingerprint density at radius 2 is 1.93 bits per heavy atom. The highest BCUT2D eigenvalue weighted by molar-refractivity contribution is 8.93. The van der Waals surface area contributed by atoms with Gasteiger partial charge in [-0.25, -0.2) is 0 Å². The number of piperidine rings is 2. The number of carbonyl (C=O) groups excluding carboxylic acids is 1. The predicted octanol–water partition coefficient (Wildman–Crippen LogP) is 4.65. The summed E-state index contributed by atoms with van der Waals surface area (Å²) in [4.78, 5) is 15.1. The van der Waals surface area contributed by atoms with E-state index >= 15 is 0 Å². The quantitative estimate of drug-likeness (QED) is 0.752. The maximum absolute atomic E-state index is 12.4. The van der Waals surface area contributed by atoms with Gasteiger partial charge < -0.3 is 5.11 Å². The van der Waals surface area contributed by atoms with E-state index in [1.807, 2.05) is 12.1 Å². The lowest BCUT2D eigenvalue weighted by atomic mass is 9.49. The number of Topliss-reactive ketones (excluding diaryl/α,β-unsaturated/α-hetero) is 1. The largest absolute Gasteiger partial charge is 0.508 e. The molecule has 5 atom stereocenters. The third-order valence-electron chi connectivity index (χ3n) is 7.61. The summed E-state index contributed by atoms with van der Waals surface area (Å²) in [6, 6.07) is 17.3. The number of rotatable bonds is 3. The molecule has 6 rings (SSSR count). The zero-order chi connectivity index (χ0) is 18.8. The molecule has 4 heteroatoms. The molecular formula is C24H28BrNO2. The van der Waals surface area contributed by atoms with E-state index in [0.717, 1.165) is 25.8 Å². The van der Waals surface area contributed by atoms with Crippen molar-refractivity contribution in [1.29, 1.82) is 0 Å². The molecule has 1 saturated carbocycles. The zero-order valence-electron chi connectivity index (χ0n) is 16.5. The van der Waals surface area contributed by atoms with Crippen molar-refractivity contribution in [2.75, 3.05) is 0 Å². The summed E-state index contributed by atoms with van der Waals surface area (Å²) in [5.41, 5.74) is 4.07. The van der Waals surface area contributed by atoms with E-state index < -0.39 is 0 Å². The fourth-order valence-corrected chi connectivity index (χ4v) is 6.36. The SMILES string of the molecule is Br.CC(=O)[C@H]1CC2C3Cc4ccc(O)cc4[C@]2(C)CC1N3Cc1ccccc1.